The summed E-state index contributed by atoms with van der Waals surface area (Å²) in [6, 6.07) is 0. The molecule has 0 radical (unpaired) electrons. The van der Waals surface area contributed by atoms with Crippen molar-refractivity contribution in [3.05, 3.63) is 0 Å². The molecular formula is C4H12NO3P. The molecule has 3 N–H and O–H groups in total. The minimum Gasteiger partial charge on any atom is -0.327 e. The van der Waals surface area contributed by atoms with Crippen molar-refractivity contribution in [1.29, 1.82) is 0 Å². The Balaban J connectivity index is 2.75. The van der Waals surface area contributed by atoms with Gasteiger partial charge in [-0.1, -0.05) is 13.3 Å². The standard InChI is InChI=1S/C4H12NO3P/c1-2-3-4-5-8-9(6)7/h5-7H,2-4H2,1H3. The number of rotatable bonds is 5. The van der Waals surface area contributed by atoms with Crippen LogP contribution in [0, 0.1) is 0 Å². The predicted octanol–water partition coefficient (Wildman–Crippen LogP) is 0.519. The van der Waals surface area contributed by atoms with E-state index >= 15 is 0 Å². The van der Waals surface area contributed by atoms with Crippen molar-refractivity contribution in [1.82, 2.24) is 5.48 Å². The quantitative estimate of drug-likeness (QED) is 0.306. The Bertz CT molecular complexity index is 61.8. The molecule has 5 heteroatoms. The van der Waals surface area contributed by atoms with E-state index in [2.05, 4.69) is 10.1 Å². The van der Waals surface area contributed by atoms with Crippen molar-refractivity contribution in [2.24, 2.45) is 0 Å². The summed E-state index contributed by atoms with van der Waals surface area (Å²) in [7, 11) is -2.23. The van der Waals surface area contributed by atoms with Crippen molar-refractivity contribution in [2.45, 2.75) is 19.8 Å². The van der Waals surface area contributed by atoms with Gasteiger partial charge in [-0.25, -0.2) is 4.62 Å². The van der Waals surface area contributed by atoms with Crippen LogP contribution in [0.2, 0.25) is 0 Å². The third kappa shape index (κ3) is 8.27. The number of unbranched alkanes of at least 4 members (excludes halogenated alkanes) is 1. The largest absolute Gasteiger partial charge is 0.345 e. The van der Waals surface area contributed by atoms with Gasteiger partial charge >= 0.3 is 8.60 Å². The highest BCUT2D eigenvalue weighted by Gasteiger charge is 1.95. The number of nitrogens with one attached hydrogen (secondary N) is 1. The second-order valence-corrected chi connectivity index (χ2v) is 2.28. The van der Waals surface area contributed by atoms with Gasteiger partial charge in [-0.15, -0.1) is 0 Å². The highest BCUT2D eigenvalue weighted by Crippen LogP contribution is 2.21. The number of hydrogen-bond donors (Lipinski definition) is 3. The van der Waals surface area contributed by atoms with Gasteiger partial charge in [-0.2, -0.15) is 5.48 Å². The van der Waals surface area contributed by atoms with Gasteiger partial charge in [0.15, 0.2) is 0 Å². The van der Waals surface area contributed by atoms with Gasteiger partial charge in [0.2, 0.25) is 0 Å². The van der Waals surface area contributed by atoms with Crippen molar-refractivity contribution >= 4 is 8.60 Å². The molecule has 0 aliphatic rings. The lowest BCUT2D eigenvalue weighted by molar-refractivity contribution is 0.162. The summed E-state index contributed by atoms with van der Waals surface area (Å²) in [5.74, 6) is 0. The summed E-state index contributed by atoms with van der Waals surface area (Å²) in [6.07, 6.45) is 2.04. The summed E-state index contributed by atoms with van der Waals surface area (Å²) >= 11 is 0. The molecule has 0 aromatic carbocycles. The van der Waals surface area contributed by atoms with Crippen LogP contribution in [0.5, 0.6) is 0 Å². The second-order valence-electron chi connectivity index (χ2n) is 1.59. The maximum Gasteiger partial charge on any atom is 0.345 e. The van der Waals surface area contributed by atoms with E-state index in [1.807, 2.05) is 6.92 Å². The van der Waals surface area contributed by atoms with E-state index < -0.39 is 8.60 Å². The Morgan fingerprint density at radius 3 is 2.67 bits per heavy atom. The minimum absolute atomic E-state index is 0.663. The van der Waals surface area contributed by atoms with E-state index in [0.717, 1.165) is 12.8 Å². The maximum absolute atomic E-state index is 8.19. The van der Waals surface area contributed by atoms with Crippen molar-refractivity contribution in [3.63, 3.8) is 0 Å². The summed E-state index contributed by atoms with van der Waals surface area (Å²) in [5.41, 5.74) is 2.41. The second kappa shape index (κ2) is 6.39. The van der Waals surface area contributed by atoms with Gasteiger partial charge in [-0.05, 0) is 6.42 Å². The van der Waals surface area contributed by atoms with Gasteiger partial charge in [0.25, 0.3) is 0 Å². The zero-order chi connectivity index (χ0) is 7.11. The molecule has 0 aliphatic heterocycles. The minimum atomic E-state index is -2.23. The van der Waals surface area contributed by atoms with Crippen LogP contribution >= 0.6 is 8.60 Å². The first-order valence-electron chi connectivity index (χ1n) is 2.85. The highest BCUT2D eigenvalue weighted by molar-refractivity contribution is 7.39. The Hall–Kier alpha value is 0.270. The fourth-order valence-corrected chi connectivity index (χ4v) is 0.559. The molecule has 0 atom stereocenters. The Kier molecular flexibility index (Phi) is 6.58. The molecule has 0 heterocycles. The molecule has 0 saturated carbocycles. The third-order valence-corrected chi connectivity index (χ3v) is 1.07. The van der Waals surface area contributed by atoms with Gasteiger partial charge < -0.3 is 9.79 Å². The first-order chi connectivity index (χ1) is 4.27. The Labute approximate surface area is 55.8 Å². The van der Waals surface area contributed by atoms with Crippen molar-refractivity contribution < 1.29 is 14.4 Å². The third-order valence-electron chi connectivity index (χ3n) is 0.779. The molecule has 0 unspecified atom stereocenters. The molecule has 0 aliphatic carbocycles. The van der Waals surface area contributed by atoms with Gasteiger partial charge in [-0.3, -0.25) is 0 Å². The maximum atomic E-state index is 8.19. The average Bonchev–Trinajstić information content (AvgIpc) is 1.80. The van der Waals surface area contributed by atoms with Crippen LogP contribution < -0.4 is 5.48 Å². The molecule has 4 nitrogen and oxygen atoms in total. The van der Waals surface area contributed by atoms with Crippen molar-refractivity contribution in [3.8, 4) is 0 Å². The lowest BCUT2D eigenvalue weighted by Crippen LogP contribution is -2.12. The van der Waals surface area contributed by atoms with E-state index in [1.165, 1.54) is 0 Å². The lowest BCUT2D eigenvalue weighted by Gasteiger charge is -2.02. The summed E-state index contributed by atoms with van der Waals surface area (Å²) in [5, 5.41) is 0. The van der Waals surface area contributed by atoms with E-state index in [-0.39, 0.29) is 0 Å². The smallest absolute Gasteiger partial charge is 0.327 e. The molecule has 0 aromatic heterocycles. The fourth-order valence-electron chi connectivity index (χ4n) is 0.352. The van der Waals surface area contributed by atoms with E-state index in [4.69, 9.17) is 9.79 Å². The molecule has 0 rings (SSSR count). The normalized spacial score (nSPS) is 10.7. The molecule has 0 amide bonds. The Morgan fingerprint density at radius 2 is 2.22 bits per heavy atom. The van der Waals surface area contributed by atoms with E-state index in [0.29, 0.717) is 6.54 Å². The number of hydrogen-bond acceptors (Lipinski definition) is 4. The molecule has 0 bridgehead atoms. The first-order valence-corrected chi connectivity index (χ1v) is 4.01. The van der Waals surface area contributed by atoms with Crippen molar-refractivity contribution in [2.75, 3.05) is 6.54 Å². The van der Waals surface area contributed by atoms with Gasteiger partial charge in [0, 0.05) is 6.54 Å². The first kappa shape index (κ1) is 9.27. The monoisotopic (exact) mass is 153 g/mol. The van der Waals surface area contributed by atoms with Crippen LogP contribution in [0.25, 0.3) is 0 Å². The summed E-state index contributed by atoms with van der Waals surface area (Å²) < 4.78 is 4.27. The van der Waals surface area contributed by atoms with E-state index in [1.54, 1.807) is 0 Å². The van der Waals surface area contributed by atoms with Gasteiger partial charge in [0.05, 0.1) is 0 Å². The molecule has 0 spiro atoms. The molecular weight excluding hydrogens is 141 g/mol. The van der Waals surface area contributed by atoms with Crippen LogP contribution in [0.1, 0.15) is 19.8 Å². The summed E-state index contributed by atoms with van der Waals surface area (Å²) in [6.45, 7) is 2.71. The number of hydroxylamine groups is 1. The molecule has 0 saturated heterocycles. The van der Waals surface area contributed by atoms with Crippen LogP contribution in [0.4, 0.5) is 0 Å². The Morgan fingerprint density at radius 1 is 1.56 bits per heavy atom. The predicted molar refractivity (Wildman–Crippen MR) is 35.4 cm³/mol. The molecule has 56 valence electrons. The topological polar surface area (TPSA) is 61.7 Å². The summed E-state index contributed by atoms with van der Waals surface area (Å²) in [4.78, 5) is 16.4. The lowest BCUT2D eigenvalue weighted by atomic mass is 10.3. The zero-order valence-electron chi connectivity index (χ0n) is 5.37. The van der Waals surface area contributed by atoms with Crippen LogP contribution in [-0.4, -0.2) is 16.3 Å². The van der Waals surface area contributed by atoms with Crippen LogP contribution in [0.15, 0.2) is 0 Å². The van der Waals surface area contributed by atoms with Gasteiger partial charge in [0.1, 0.15) is 0 Å². The molecule has 0 aromatic rings. The molecule has 9 heavy (non-hydrogen) atoms. The van der Waals surface area contributed by atoms with Crippen LogP contribution in [-0.2, 0) is 4.62 Å². The van der Waals surface area contributed by atoms with E-state index in [9.17, 15) is 0 Å². The fraction of sp³-hybridized carbons (Fsp3) is 1.00. The highest BCUT2D eigenvalue weighted by atomic mass is 31.2. The van der Waals surface area contributed by atoms with Crippen LogP contribution in [0.3, 0.4) is 0 Å². The zero-order valence-corrected chi connectivity index (χ0v) is 6.27. The molecule has 0 fully saturated rings. The average molecular weight is 153 g/mol. The SMILES string of the molecule is CCCCNOP(O)O.